The van der Waals surface area contributed by atoms with E-state index in [1.165, 1.54) is 0 Å². The van der Waals surface area contributed by atoms with Gasteiger partial charge in [-0.1, -0.05) is 13.8 Å². The number of nitrogens with one attached hydrogen (secondary N) is 1. The molecule has 2 N–H and O–H groups in total. The fourth-order valence-corrected chi connectivity index (χ4v) is 2.95. The lowest BCUT2D eigenvalue weighted by Gasteiger charge is -2.31. The second-order valence-corrected chi connectivity index (χ2v) is 8.08. The number of β-amino-alcohol motifs (C(OH)–C–C–N with tert-alkyl or cyclic N) is 1. The molecule has 1 unspecified atom stereocenters. The van der Waals surface area contributed by atoms with E-state index in [1.54, 1.807) is 11.0 Å². The Morgan fingerprint density at radius 1 is 1.36 bits per heavy atom. The van der Waals surface area contributed by atoms with Crippen molar-refractivity contribution in [3.63, 3.8) is 0 Å². The number of aliphatic hydroxyl groups excluding tert-OH is 1. The Balaban J connectivity index is 1.97. The number of aliphatic hydroxyl groups is 1. The van der Waals surface area contributed by atoms with Crippen molar-refractivity contribution in [3.05, 3.63) is 18.2 Å². The molecule has 0 spiro atoms. The van der Waals surface area contributed by atoms with Crippen molar-refractivity contribution in [3.8, 4) is 11.5 Å². The third kappa shape index (κ3) is 6.65. The molecule has 28 heavy (non-hydrogen) atoms. The summed E-state index contributed by atoms with van der Waals surface area (Å²) in [6.07, 6.45) is -0.608. The molecule has 0 aromatic heterocycles. The first kappa shape index (κ1) is 22.5. The van der Waals surface area contributed by atoms with E-state index in [0.29, 0.717) is 37.7 Å². The van der Waals surface area contributed by atoms with Gasteiger partial charge in [-0.05, 0) is 46.0 Å². The van der Waals surface area contributed by atoms with Crippen LogP contribution in [0.3, 0.4) is 0 Å². The lowest BCUT2D eigenvalue weighted by Crippen LogP contribution is -2.44. The number of hydrogen-bond donors (Lipinski definition) is 2. The van der Waals surface area contributed by atoms with Crippen LogP contribution in [0, 0.1) is 0 Å². The number of hydrogen-bond acceptors (Lipinski definition) is 6. The number of rotatable bonds is 9. The summed E-state index contributed by atoms with van der Waals surface area (Å²) in [6, 6.07) is 5.45. The van der Waals surface area contributed by atoms with E-state index in [9.17, 15) is 9.90 Å². The Labute approximate surface area is 168 Å². The van der Waals surface area contributed by atoms with E-state index >= 15 is 0 Å². The number of amides is 1. The van der Waals surface area contributed by atoms with Gasteiger partial charge in [-0.25, -0.2) is 0 Å². The van der Waals surface area contributed by atoms with Gasteiger partial charge in [0.25, 0.3) is 0 Å². The zero-order valence-electron chi connectivity index (χ0n) is 17.8. The van der Waals surface area contributed by atoms with Crippen LogP contribution >= 0.6 is 0 Å². The molecular formula is C21H35N3O4. The molecule has 0 saturated heterocycles. The molecule has 1 heterocycles. The van der Waals surface area contributed by atoms with Gasteiger partial charge in [0.15, 0.2) is 0 Å². The number of nitrogens with zero attached hydrogens (tertiary/aromatic N) is 2. The predicted molar refractivity (Wildman–Crippen MR) is 111 cm³/mol. The van der Waals surface area contributed by atoms with E-state index in [-0.39, 0.29) is 18.1 Å². The summed E-state index contributed by atoms with van der Waals surface area (Å²) < 4.78 is 11.5. The third-order valence-corrected chi connectivity index (χ3v) is 4.66. The van der Waals surface area contributed by atoms with Crippen molar-refractivity contribution < 1.29 is 19.4 Å². The van der Waals surface area contributed by atoms with E-state index in [0.717, 1.165) is 18.8 Å². The van der Waals surface area contributed by atoms with Gasteiger partial charge in [-0.15, -0.1) is 0 Å². The SMILES string of the molecule is CCN(CC)CC(=O)N1CCOc2cc(OCC(O)CNC(C)(C)C)ccc21. The number of fused-ring (bicyclic) bond motifs is 1. The molecule has 0 fully saturated rings. The van der Waals surface area contributed by atoms with Gasteiger partial charge in [0.2, 0.25) is 5.91 Å². The van der Waals surface area contributed by atoms with Crippen LogP contribution in [0.5, 0.6) is 11.5 Å². The number of carbonyl (C=O) groups is 1. The van der Waals surface area contributed by atoms with E-state index in [4.69, 9.17) is 9.47 Å². The first-order chi connectivity index (χ1) is 13.2. The van der Waals surface area contributed by atoms with Crippen LogP contribution in [0.25, 0.3) is 0 Å². The van der Waals surface area contributed by atoms with Gasteiger partial charge in [0, 0.05) is 18.2 Å². The van der Waals surface area contributed by atoms with Gasteiger partial charge in [-0.2, -0.15) is 0 Å². The summed E-state index contributed by atoms with van der Waals surface area (Å²) in [7, 11) is 0. The highest BCUT2D eigenvalue weighted by Crippen LogP contribution is 2.35. The zero-order chi connectivity index (χ0) is 20.7. The Bertz CT molecular complexity index is 641. The fourth-order valence-electron chi connectivity index (χ4n) is 2.95. The van der Waals surface area contributed by atoms with Gasteiger partial charge >= 0.3 is 0 Å². The normalized spacial score (nSPS) is 15.2. The predicted octanol–water partition coefficient (Wildman–Crippen LogP) is 1.88. The maximum atomic E-state index is 12.7. The summed E-state index contributed by atoms with van der Waals surface area (Å²) in [4.78, 5) is 16.6. The topological polar surface area (TPSA) is 74.3 Å². The molecular weight excluding hydrogens is 358 g/mol. The molecule has 0 radical (unpaired) electrons. The maximum absolute atomic E-state index is 12.7. The molecule has 7 heteroatoms. The highest BCUT2D eigenvalue weighted by atomic mass is 16.5. The van der Waals surface area contributed by atoms with Crippen LogP contribution < -0.4 is 19.7 Å². The van der Waals surface area contributed by atoms with Crippen LogP contribution in [-0.2, 0) is 4.79 Å². The smallest absolute Gasteiger partial charge is 0.241 e. The highest BCUT2D eigenvalue weighted by Gasteiger charge is 2.25. The van der Waals surface area contributed by atoms with E-state index in [1.807, 2.05) is 12.1 Å². The summed E-state index contributed by atoms with van der Waals surface area (Å²) in [5.74, 6) is 1.33. The van der Waals surface area contributed by atoms with Gasteiger partial charge in [-0.3, -0.25) is 9.69 Å². The Kier molecular flexibility index (Phi) is 8.10. The Morgan fingerprint density at radius 3 is 2.71 bits per heavy atom. The van der Waals surface area contributed by atoms with Crippen LogP contribution in [0.15, 0.2) is 18.2 Å². The molecule has 0 aliphatic carbocycles. The summed E-state index contributed by atoms with van der Waals surface area (Å²) in [5.41, 5.74) is 0.715. The van der Waals surface area contributed by atoms with Crippen LogP contribution in [-0.4, -0.2) is 73.5 Å². The highest BCUT2D eigenvalue weighted by molar-refractivity contribution is 5.96. The summed E-state index contributed by atoms with van der Waals surface area (Å²) in [5, 5.41) is 13.3. The minimum Gasteiger partial charge on any atom is -0.491 e. The van der Waals surface area contributed by atoms with Crippen molar-refractivity contribution in [1.29, 1.82) is 0 Å². The second kappa shape index (κ2) is 10.1. The van der Waals surface area contributed by atoms with Crippen molar-refractivity contribution in [2.45, 2.75) is 46.3 Å². The Hall–Kier alpha value is -1.83. The van der Waals surface area contributed by atoms with Crippen LogP contribution in [0.4, 0.5) is 5.69 Å². The van der Waals surface area contributed by atoms with Crippen molar-refractivity contribution in [2.24, 2.45) is 0 Å². The van der Waals surface area contributed by atoms with E-state index in [2.05, 4.69) is 44.8 Å². The van der Waals surface area contributed by atoms with Gasteiger partial charge in [0.1, 0.15) is 30.8 Å². The molecule has 1 amide bonds. The quantitative estimate of drug-likeness (QED) is 0.667. The fraction of sp³-hybridized carbons (Fsp3) is 0.667. The molecule has 0 saturated carbocycles. The second-order valence-electron chi connectivity index (χ2n) is 8.08. The Morgan fingerprint density at radius 2 is 2.07 bits per heavy atom. The molecule has 158 valence electrons. The zero-order valence-corrected chi connectivity index (χ0v) is 17.8. The monoisotopic (exact) mass is 393 g/mol. The molecule has 2 rings (SSSR count). The molecule has 7 nitrogen and oxygen atoms in total. The van der Waals surface area contributed by atoms with E-state index < -0.39 is 6.10 Å². The molecule has 1 atom stereocenters. The minimum atomic E-state index is -0.608. The number of carbonyl (C=O) groups excluding carboxylic acids is 1. The van der Waals surface area contributed by atoms with Crippen LogP contribution in [0.1, 0.15) is 34.6 Å². The molecule has 0 bridgehead atoms. The molecule has 1 aromatic rings. The van der Waals surface area contributed by atoms with Crippen molar-refractivity contribution in [1.82, 2.24) is 10.2 Å². The molecule has 1 aliphatic heterocycles. The lowest BCUT2D eigenvalue weighted by atomic mass is 10.1. The minimum absolute atomic E-state index is 0.0538. The average molecular weight is 394 g/mol. The van der Waals surface area contributed by atoms with Crippen LogP contribution in [0.2, 0.25) is 0 Å². The van der Waals surface area contributed by atoms with Crippen molar-refractivity contribution >= 4 is 11.6 Å². The largest absolute Gasteiger partial charge is 0.491 e. The summed E-state index contributed by atoms with van der Waals surface area (Å²) in [6.45, 7) is 14.0. The summed E-state index contributed by atoms with van der Waals surface area (Å²) >= 11 is 0. The number of likely N-dealkylation sites (N-methyl/N-ethyl adjacent to an activating group) is 1. The number of anilines is 1. The first-order valence-electron chi connectivity index (χ1n) is 10.1. The maximum Gasteiger partial charge on any atom is 0.241 e. The average Bonchev–Trinajstić information content (AvgIpc) is 2.67. The number of ether oxygens (including phenoxy) is 2. The first-order valence-corrected chi connectivity index (χ1v) is 10.1. The molecule has 1 aliphatic rings. The number of benzene rings is 1. The third-order valence-electron chi connectivity index (χ3n) is 4.66. The standard InChI is InChI=1S/C21H35N3O4/c1-6-23(7-2)14-20(26)24-10-11-27-19-12-17(8-9-18(19)24)28-15-16(25)13-22-21(3,4)5/h8-9,12,16,22,25H,6-7,10-11,13-15H2,1-5H3. The molecule has 1 aromatic carbocycles. The lowest BCUT2D eigenvalue weighted by molar-refractivity contribution is -0.119. The van der Waals surface area contributed by atoms with Gasteiger partial charge in [0.05, 0.1) is 18.8 Å². The van der Waals surface area contributed by atoms with Gasteiger partial charge < -0.3 is 24.8 Å². The van der Waals surface area contributed by atoms with Crippen molar-refractivity contribution in [2.75, 3.05) is 50.8 Å².